The highest BCUT2D eigenvalue weighted by atomic mass is 35.5. The standard InChI is InChI=1S/C21H24ClN3O/c1-2-3-13-26-17-10-6-9-16(14-17)18-19-20(22)23-11-12-25(19)21(24-18)15-7-4-5-8-15/h6,9-12,14-15H,2-5,7-8,13H2,1H3. The second-order valence-corrected chi connectivity index (χ2v) is 7.32. The van der Waals surface area contributed by atoms with Gasteiger partial charge in [0.05, 0.1) is 12.3 Å². The molecular weight excluding hydrogens is 346 g/mol. The lowest BCUT2D eigenvalue weighted by atomic mass is 10.1. The summed E-state index contributed by atoms with van der Waals surface area (Å²) in [6.45, 7) is 2.90. The van der Waals surface area contributed by atoms with Crippen molar-refractivity contribution in [3.63, 3.8) is 0 Å². The fourth-order valence-electron chi connectivity index (χ4n) is 3.77. The van der Waals surface area contributed by atoms with Crippen LogP contribution in [0.4, 0.5) is 0 Å². The highest BCUT2D eigenvalue weighted by Gasteiger charge is 2.25. The van der Waals surface area contributed by atoms with Gasteiger partial charge in [-0.25, -0.2) is 9.97 Å². The minimum absolute atomic E-state index is 0.497. The SMILES string of the molecule is CCCCOc1cccc(-c2nc(C3CCCC3)n3ccnc(Cl)c23)c1. The van der Waals surface area contributed by atoms with Crippen LogP contribution in [-0.2, 0) is 0 Å². The largest absolute Gasteiger partial charge is 0.494 e. The number of fused-ring (bicyclic) bond motifs is 1. The van der Waals surface area contributed by atoms with E-state index in [1.807, 2.05) is 18.3 Å². The topological polar surface area (TPSA) is 39.4 Å². The molecule has 1 aliphatic carbocycles. The average molecular weight is 370 g/mol. The number of rotatable bonds is 6. The van der Waals surface area contributed by atoms with Gasteiger partial charge in [0.25, 0.3) is 0 Å². The number of halogens is 1. The number of aromatic nitrogens is 3. The number of hydrogen-bond acceptors (Lipinski definition) is 3. The van der Waals surface area contributed by atoms with Crippen molar-refractivity contribution in [2.24, 2.45) is 0 Å². The molecule has 2 aromatic heterocycles. The van der Waals surface area contributed by atoms with Gasteiger partial charge in [0.1, 0.15) is 17.1 Å². The molecule has 26 heavy (non-hydrogen) atoms. The van der Waals surface area contributed by atoms with E-state index in [0.717, 1.165) is 47.8 Å². The predicted octanol–water partition coefficient (Wildman–Crippen LogP) is 5.89. The summed E-state index contributed by atoms with van der Waals surface area (Å²) in [5.74, 6) is 2.48. The molecule has 0 spiro atoms. The van der Waals surface area contributed by atoms with E-state index in [-0.39, 0.29) is 0 Å². The average Bonchev–Trinajstić information content (AvgIpc) is 3.30. The van der Waals surface area contributed by atoms with E-state index >= 15 is 0 Å². The Labute approximate surface area is 159 Å². The van der Waals surface area contributed by atoms with Crippen molar-refractivity contribution in [1.29, 1.82) is 0 Å². The summed E-state index contributed by atoms with van der Waals surface area (Å²) in [4.78, 5) is 9.31. The van der Waals surface area contributed by atoms with Gasteiger partial charge in [-0.15, -0.1) is 0 Å². The van der Waals surface area contributed by atoms with E-state index in [1.54, 1.807) is 6.20 Å². The molecule has 136 valence electrons. The lowest BCUT2D eigenvalue weighted by Gasteiger charge is -2.07. The Morgan fingerprint density at radius 3 is 2.92 bits per heavy atom. The van der Waals surface area contributed by atoms with Crippen LogP contribution in [0, 0.1) is 0 Å². The van der Waals surface area contributed by atoms with Crippen molar-refractivity contribution in [2.45, 2.75) is 51.4 Å². The van der Waals surface area contributed by atoms with E-state index in [1.165, 1.54) is 25.7 Å². The van der Waals surface area contributed by atoms with Crippen molar-refractivity contribution in [1.82, 2.24) is 14.4 Å². The number of benzene rings is 1. The van der Waals surface area contributed by atoms with Crippen molar-refractivity contribution < 1.29 is 4.74 Å². The zero-order valence-electron chi connectivity index (χ0n) is 15.1. The molecule has 1 saturated carbocycles. The highest BCUT2D eigenvalue weighted by Crippen LogP contribution is 2.38. The first kappa shape index (κ1) is 17.3. The van der Waals surface area contributed by atoms with E-state index < -0.39 is 0 Å². The maximum absolute atomic E-state index is 6.47. The van der Waals surface area contributed by atoms with Gasteiger partial charge in [-0.05, 0) is 31.4 Å². The Morgan fingerprint density at radius 2 is 2.12 bits per heavy atom. The molecule has 1 fully saturated rings. The third-order valence-corrected chi connectivity index (χ3v) is 5.41. The van der Waals surface area contributed by atoms with E-state index in [2.05, 4.69) is 28.4 Å². The van der Waals surface area contributed by atoms with Gasteiger partial charge in [-0.2, -0.15) is 0 Å². The van der Waals surface area contributed by atoms with Crippen LogP contribution < -0.4 is 4.74 Å². The maximum Gasteiger partial charge on any atom is 0.155 e. The molecule has 1 aromatic carbocycles. The van der Waals surface area contributed by atoms with Crippen LogP contribution >= 0.6 is 11.6 Å². The quantitative estimate of drug-likeness (QED) is 0.509. The van der Waals surface area contributed by atoms with Crippen molar-refractivity contribution >= 4 is 17.1 Å². The van der Waals surface area contributed by atoms with Crippen LogP contribution in [0.5, 0.6) is 5.75 Å². The van der Waals surface area contributed by atoms with Crippen LogP contribution in [0.25, 0.3) is 16.8 Å². The summed E-state index contributed by atoms with van der Waals surface area (Å²) in [5, 5.41) is 0.497. The molecule has 0 bridgehead atoms. The van der Waals surface area contributed by atoms with Gasteiger partial charge >= 0.3 is 0 Å². The molecule has 4 nitrogen and oxygen atoms in total. The van der Waals surface area contributed by atoms with E-state index in [4.69, 9.17) is 21.3 Å². The van der Waals surface area contributed by atoms with Gasteiger partial charge in [0.2, 0.25) is 0 Å². The van der Waals surface area contributed by atoms with Crippen molar-refractivity contribution in [3.8, 4) is 17.0 Å². The van der Waals surface area contributed by atoms with Crippen LogP contribution in [0.1, 0.15) is 57.2 Å². The van der Waals surface area contributed by atoms with Crippen LogP contribution in [-0.4, -0.2) is 21.0 Å². The number of unbranched alkanes of at least 4 members (excludes halogenated alkanes) is 1. The summed E-state index contributed by atoms with van der Waals surface area (Å²) in [7, 11) is 0. The first-order chi connectivity index (χ1) is 12.8. The second kappa shape index (κ2) is 7.67. The lowest BCUT2D eigenvalue weighted by Crippen LogP contribution is -2.00. The Bertz CT molecular complexity index is 899. The monoisotopic (exact) mass is 369 g/mol. The molecule has 3 aromatic rings. The fraction of sp³-hybridized carbons (Fsp3) is 0.429. The number of nitrogens with zero attached hydrogens (tertiary/aromatic N) is 3. The van der Waals surface area contributed by atoms with Crippen LogP contribution in [0.2, 0.25) is 5.15 Å². The summed E-state index contributed by atoms with van der Waals surface area (Å²) in [5.41, 5.74) is 2.81. The Balaban J connectivity index is 1.77. The molecule has 0 aliphatic heterocycles. The summed E-state index contributed by atoms with van der Waals surface area (Å²) >= 11 is 6.47. The van der Waals surface area contributed by atoms with Gasteiger partial charge in [-0.3, -0.25) is 4.40 Å². The molecule has 0 atom stereocenters. The van der Waals surface area contributed by atoms with E-state index in [9.17, 15) is 0 Å². The molecule has 1 aliphatic rings. The predicted molar refractivity (Wildman–Crippen MR) is 105 cm³/mol. The number of imidazole rings is 1. The van der Waals surface area contributed by atoms with Crippen molar-refractivity contribution in [2.75, 3.05) is 6.61 Å². The number of hydrogen-bond donors (Lipinski definition) is 0. The molecule has 5 heteroatoms. The summed E-state index contributed by atoms with van der Waals surface area (Å²) in [6, 6.07) is 8.13. The highest BCUT2D eigenvalue weighted by molar-refractivity contribution is 6.33. The zero-order chi connectivity index (χ0) is 17.9. The van der Waals surface area contributed by atoms with Crippen LogP contribution in [0.3, 0.4) is 0 Å². The van der Waals surface area contributed by atoms with Crippen LogP contribution in [0.15, 0.2) is 36.7 Å². The van der Waals surface area contributed by atoms with Gasteiger partial charge in [-0.1, -0.05) is 49.9 Å². The molecule has 0 radical (unpaired) electrons. The molecule has 0 N–H and O–H groups in total. The third-order valence-electron chi connectivity index (χ3n) is 5.13. The molecule has 0 saturated heterocycles. The minimum Gasteiger partial charge on any atom is -0.494 e. The lowest BCUT2D eigenvalue weighted by molar-refractivity contribution is 0.309. The third kappa shape index (κ3) is 3.30. The Kier molecular flexibility index (Phi) is 5.11. The molecule has 0 amide bonds. The summed E-state index contributed by atoms with van der Waals surface area (Å²) in [6.07, 6.45) is 10.8. The first-order valence-corrected chi connectivity index (χ1v) is 9.91. The van der Waals surface area contributed by atoms with Gasteiger partial charge in [0, 0.05) is 23.9 Å². The Hall–Kier alpha value is -2.07. The number of ether oxygens (including phenoxy) is 1. The summed E-state index contributed by atoms with van der Waals surface area (Å²) < 4.78 is 8.00. The Morgan fingerprint density at radius 1 is 1.27 bits per heavy atom. The molecular formula is C21H24ClN3O. The zero-order valence-corrected chi connectivity index (χ0v) is 15.9. The minimum atomic E-state index is 0.497. The smallest absolute Gasteiger partial charge is 0.155 e. The molecule has 2 heterocycles. The molecule has 4 rings (SSSR count). The maximum atomic E-state index is 6.47. The van der Waals surface area contributed by atoms with Crippen molar-refractivity contribution in [3.05, 3.63) is 47.6 Å². The van der Waals surface area contributed by atoms with Gasteiger partial charge < -0.3 is 4.74 Å². The second-order valence-electron chi connectivity index (χ2n) is 6.97. The van der Waals surface area contributed by atoms with Gasteiger partial charge in [0.15, 0.2) is 5.15 Å². The van der Waals surface area contributed by atoms with E-state index in [0.29, 0.717) is 11.1 Å². The fourth-order valence-corrected chi connectivity index (χ4v) is 4.00. The first-order valence-electron chi connectivity index (χ1n) is 9.53. The normalized spacial score (nSPS) is 15.0. The molecule has 0 unspecified atom stereocenters.